The highest BCUT2D eigenvalue weighted by Crippen LogP contribution is 2.34. The molecule has 0 saturated carbocycles. The van der Waals surface area contributed by atoms with E-state index in [1.165, 1.54) is 0 Å². The van der Waals surface area contributed by atoms with Gasteiger partial charge in [-0.05, 0) is 71.3 Å². The standard InChI is InChI=1S/C18H18INO2/c1-22-16-8-3-5-13(12-16)17-9-4-10-20(17)18(21)14-6-2-7-15(19)11-14/h2-3,5-8,11-12,17H,4,9-10H2,1H3/t17-/m1/s1. The van der Waals surface area contributed by atoms with Gasteiger partial charge >= 0.3 is 0 Å². The number of hydrogen-bond acceptors (Lipinski definition) is 2. The van der Waals surface area contributed by atoms with Gasteiger partial charge in [0.15, 0.2) is 0 Å². The van der Waals surface area contributed by atoms with Crippen molar-refractivity contribution in [3.8, 4) is 5.75 Å². The van der Waals surface area contributed by atoms with Crippen LogP contribution in [-0.4, -0.2) is 24.5 Å². The molecule has 1 heterocycles. The minimum absolute atomic E-state index is 0.115. The molecule has 1 fully saturated rings. The molecular weight excluding hydrogens is 389 g/mol. The summed E-state index contributed by atoms with van der Waals surface area (Å²) in [4.78, 5) is 14.8. The second kappa shape index (κ2) is 6.69. The van der Waals surface area contributed by atoms with Gasteiger partial charge in [0.05, 0.1) is 13.2 Å². The summed E-state index contributed by atoms with van der Waals surface area (Å²) in [6.07, 6.45) is 2.04. The van der Waals surface area contributed by atoms with Gasteiger partial charge in [0.2, 0.25) is 0 Å². The molecule has 0 bridgehead atoms. The van der Waals surface area contributed by atoms with Crippen LogP contribution in [0.5, 0.6) is 5.75 Å². The molecule has 1 amide bonds. The SMILES string of the molecule is COc1cccc([C@H]2CCCN2C(=O)c2cccc(I)c2)c1. The largest absolute Gasteiger partial charge is 0.497 e. The highest BCUT2D eigenvalue weighted by atomic mass is 127. The minimum atomic E-state index is 0.115. The zero-order chi connectivity index (χ0) is 15.5. The average Bonchev–Trinajstić information content (AvgIpc) is 3.04. The van der Waals surface area contributed by atoms with E-state index in [1.54, 1.807) is 7.11 Å². The van der Waals surface area contributed by atoms with Crippen molar-refractivity contribution in [1.82, 2.24) is 4.90 Å². The molecule has 114 valence electrons. The number of hydrogen-bond donors (Lipinski definition) is 0. The second-order valence-corrected chi connectivity index (χ2v) is 6.69. The van der Waals surface area contributed by atoms with Crippen LogP contribution in [0.3, 0.4) is 0 Å². The quantitative estimate of drug-likeness (QED) is 0.712. The summed E-state index contributed by atoms with van der Waals surface area (Å²) >= 11 is 2.24. The zero-order valence-corrected chi connectivity index (χ0v) is 14.6. The van der Waals surface area contributed by atoms with Gasteiger partial charge < -0.3 is 9.64 Å². The lowest BCUT2D eigenvalue weighted by Crippen LogP contribution is -2.30. The van der Waals surface area contributed by atoms with Crippen LogP contribution in [0.25, 0.3) is 0 Å². The summed E-state index contributed by atoms with van der Waals surface area (Å²) in [5, 5.41) is 0. The van der Waals surface area contributed by atoms with Gasteiger partial charge in [0.1, 0.15) is 5.75 Å². The van der Waals surface area contributed by atoms with Crippen LogP contribution in [0.1, 0.15) is 34.8 Å². The fraction of sp³-hybridized carbons (Fsp3) is 0.278. The van der Waals surface area contributed by atoms with E-state index in [0.29, 0.717) is 0 Å². The summed E-state index contributed by atoms with van der Waals surface area (Å²) < 4.78 is 6.39. The number of halogens is 1. The van der Waals surface area contributed by atoms with Crippen molar-refractivity contribution in [2.24, 2.45) is 0 Å². The van der Waals surface area contributed by atoms with E-state index in [0.717, 1.165) is 39.8 Å². The van der Waals surface area contributed by atoms with Crippen molar-refractivity contribution in [3.05, 3.63) is 63.2 Å². The lowest BCUT2D eigenvalue weighted by Gasteiger charge is -2.25. The monoisotopic (exact) mass is 407 g/mol. The van der Waals surface area contributed by atoms with Crippen LogP contribution in [0, 0.1) is 3.57 Å². The first kappa shape index (κ1) is 15.3. The first-order valence-corrected chi connectivity index (χ1v) is 8.47. The van der Waals surface area contributed by atoms with E-state index in [1.807, 2.05) is 47.4 Å². The molecule has 0 unspecified atom stereocenters. The van der Waals surface area contributed by atoms with E-state index in [9.17, 15) is 4.79 Å². The summed E-state index contributed by atoms with van der Waals surface area (Å²) in [6.45, 7) is 0.812. The van der Waals surface area contributed by atoms with Crippen LogP contribution in [0.15, 0.2) is 48.5 Å². The molecular formula is C18H18INO2. The number of methoxy groups -OCH3 is 1. The maximum absolute atomic E-state index is 12.8. The van der Waals surface area contributed by atoms with Gasteiger partial charge in [-0.3, -0.25) is 4.79 Å². The number of rotatable bonds is 3. The Morgan fingerprint density at radius 1 is 1.23 bits per heavy atom. The van der Waals surface area contributed by atoms with E-state index >= 15 is 0 Å². The topological polar surface area (TPSA) is 29.5 Å². The zero-order valence-electron chi connectivity index (χ0n) is 12.5. The van der Waals surface area contributed by atoms with Gasteiger partial charge in [-0.2, -0.15) is 0 Å². The van der Waals surface area contributed by atoms with E-state index in [2.05, 4.69) is 28.7 Å². The first-order valence-electron chi connectivity index (χ1n) is 7.39. The third kappa shape index (κ3) is 3.11. The Bertz CT molecular complexity index is 686. The van der Waals surface area contributed by atoms with Crippen molar-refractivity contribution in [3.63, 3.8) is 0 Å². The Kier molecular flexibility index (Phi) is 4.66. The van der Waals surface area contributed by atoms with Crippen LogP contribution >= 0.6 is 22.6 Å². The number of amides is 1. The number of ether oxygens (including phenoxy) is 1. The van der Waals surface area contributed by atoms with Crippen LogP contribution in [0.2, 0.25) is 0 Å². The van der Waals surface area contributed by atoms with Gasteiger partial charge in [-0.1, -0.05) is 18.2 Å². The van der Waals surface area contributed by atoms with Gasteiger partial charge in [-0.25, -0.2) is 0 Å². The average molecular weight is 407 g/mol. The fourth-order valence-electron chi connectivity index (χ4n) is 2.99. The third-order valence-corrected chi connectivity index (χ3v) is 4.73. The third-order valence-electron chi connectivity index (χ3n) is 4.06. The molecule has 1 atom stereocenters. The second-order valence-electron chi connectivity index (χ2n) is 5.44. The van der Waals surface area contributed by atoms with Crippen molar-refractivity contribution in [2.75, 3.05) is 13.7 Å². The molecule has 2 aromatic rings. The Hall–Kier alpha value is -1.56. The molecule has 3 rings (SSSR count). The number of benzene rings is 2. The van der Waals surface area contributed by atoms with Crippen LogP contribution in [-0.2, 0) is 0 Å². The van der Waals surface area contributed by atoms with Crippen molar-refractivity contribution < 1.29 is 9.53 Å². The van der Waals surface area contributed by atoms with Gasteiger partial charge in [0.25, 0.3) is 5.91 Å². The van der Waals surface area contributed by atoms with Crippen molar-refractivity contribution in [2.45, 2.75) is 18.9 Å². The molecule has 1 aliphatic heterocycles. The number of nitrogens with zero attached hydrogens (tertiary/aromatic N) is 1. The maximum Gasteiger partial charge on any atom is 0.254 e. The first-order chi connectivity index (χ1) is 10.7. The number of carbonyl (C=O) groups is 1. The highest BCUT2D eigenvalue weighted by molar-refractivity contribution is 14.1. The predicted molar refractivity (Wildman–Crippen MR) is 95.2 cm³/mol. The summed E-state index contributed by atoms with van der Waals surface area (Å²) in [6, 6.07) is 15.9. The minimum Gasteiger partial charge on any atom is -0.497 e. The Morgan fingerprint density at radius 3 is 2.82 bits per heavy atom. The summed E-state index contributed by atoms with van der Waals surface area (Å²) in [7, 11) is 1.67. The summed E-state index contributed by atoms with van der Waals surface area (Å²) in [5.74, 6) is 0.954. The predicted octanol–water partition coefficient (Wildman–Crippen LogP) is 4.28. The Morgan fingerprint density at radius 2 is 2.05 bits per heavy atom. The van der Waals surface area contributed by atoms with Crippen molar-refractivity contribution in [1.29, 1.82) is 0 Å². The molecule has 22 heavy (non-hydrogen) atoms. The molecule has 1 saturated heterocycles. The van der Waals surface area contributed by atoms with E-state index in [-0.39, 0.29) is 11.9 Å². The lowest BCUT2D eigenvalue weighted by molar-refractivity contribution is 0.0735. The van der Waals surface area contributed by atoms with Crippen molar-refractivity contribution >= 4 is 28.5 Å². The number of carbonyl (C=O) groups excluding carboxylic acids is 1. The van der Waals surface area contributed by atoms with Crippen LogP contribution < -0.4 is 4.74 Å². The lowest BCUT2D eigenvalue weighted by atomic mass is 10.0. The van der Waals surface area contributed by atoms with E-state index in [4.69, 9.17) is 4.74 Å². The molecule has 0 aromatic heterocycles. The normalized spacial score (nSPS) is 17.5. The van der Waals surface area contributed by atoms with E-state index < -0.39 is 0 Å². The smallest absolute Gasteiger partial charge is 0.254 e. The van der Waals surface area contributed by atoms with Gasteiger partial charge in [0, 0.05) is 15.7 Å². The Labute approximate surface area is 144 Å². The molecule has 3 nitrogen and oxygen atoms in total. The molecule has 1 aliphatic rings. The molecule has 0 radical (unpaired) electrons. The molecule has 0 aliphatic carbocycles. The van der Waals surface area contributed by atoms with Crippen LogP contribution in [0.4, 0.5) is 0 Å². The molecule has 0 N–H and O–H groups in total. The van der Waals surface area contributed by atoms with Gasteiger partial charge in [-0.15, -0.1) is 0 Å². The number of likely N-dealkylation sites (tertiary alicyclic amines) is 1. The maximum atomic E-state index is 12.8. The molecule has 2 aromatic carbocycles. The fourth-order valence-corrected chi connectivity index (χ4v) is 3.54. The Balaban J connectivity index is 1.88. The highest BCUT2D eigenvalue weighted by Gasteiger charge is 2.30. The summed E-state index contributed by atoms with van der Waals surface area (Å²) in [5.41, 5.74) is 1.91. The molecule has 4 heteroatoms. The molecule has 0 spiro atoms.